The zero-order valence-electron chi connectivity index (χ0n) is 10.7. The van der Waals surface area contributed by atoms with Crippen molar-refractivity contribution in [1.82, 2.24) is 0 Å². The average Bonchev–Trinajstić information content (AvgIpc) is 2.47. The van der Waals surface area contributed by atoms with Gasteiger partial charge >= 0.3 is 6.18 Å². The van der Waals surface area contributed by atoms with Crippen molar-refractivity contribution in [3.63, 3.8) is 0 Å². The predicted octanol–water partition coefficient (Wildman–Crippen LogP) is 3.86. The highest BCUT2D eigenvalue weighted by Crippen LogP contribution is 2.39. The molecule has 1 N–H and O–H groups in total. The van der Waals surface area contributed by atoms with Crippen molar-refractivity contribution in [2.24, 2.45) is 0 Å². The maximum Gasteiger partial charge on any atom is 0.420 e. The zero-order valence-corrected chi connectivity index (χ0v) is 10.7. The number of rotatable bonds is 3. The smallest absolute Gasteiger partial charge is 0.420 e. The van der Waals surface area contributed by atoms with Crippen LogP contribution in [0.15, 0.2) is 42.5 Å². The van der Waals surface area contributed by atoms with Crippen molar-refractivity contribution >= 4 is 0 Å². The molecule has 2 aromatic carbocycles. The molecular formula is C15H10F3NO2. The minimum Gasteiger partial charge on any atom is -0.456 e. The van der Waals surface area contributed by atoms with Crippen molar-refractivity contribution in [1.29, 1.82) is 5.26 Å². The SMILES string of the molecule is N#Cc1ccc(Oc2ccccc2CO)c(C(F)(F)F)c1. The van der Waals surface area contributed by atoms with Crippen molar-refractivity contribution < 1.29 is 23.0 Å². The third-order valence-corrected chi connectivity index (χ3v) is 2.78. The number of aliphatic hydroxyl groups is 1. The fraction of sp³-hybridized carbons (Fsp3) is 0.133. The van der Waals surface area contributed by atoms with E-state index < -0.39 is 17.5 Å². The minimum atomic E-state index is -4.64. The summed E-state index contributed by atoms with van der Waals surface area (Å²) >= 11 is 0. The van der Waals surface area contributed by atoms with Gasteiger partial charge in [-0.2, -0.15) is 18.4 Å². The number of hydrogen-bond acceptors (Lipinski definition) is 3. The molecule has 0 aromatic heterocycles. The molecule has 6 heteroatoms. The Balaban J connectivity index is 2.47. The third-order valence-electron chi connectivity index (χ3n) is 2.78. The van der Waals surface area contributed by atoms with Crippen molar-refractivity contribution in [2.75, 3.05) is 0 Å². The second kappa shape index (κ2) is 5.85. The number of nitriles is 1. The van der Waals surface area contributed by atoms with Gasteiger partial charge in [-0.05, 0) is 24.3 Å². The molecule has 21 heavy (non-hydrogen) atoms. The van der Waals surface area contributed by atoms with Crippen molar-refractivity contribution in [2.45, 2.75) is 12.8 Å². The zero-order chi connectivity index (χ0) is 15.5. The molecule has 0 saturated heterocycles. The minimum absolute atomic E-state index is 0.106. The number of para-hydroxylation sites is 1. The lowest BCUT2D eigenvalue weighted by atomic mass is 10.1. The van der Waals surface area contributed by atoms with E-state index in [1.54, 1.807) is 24.3 Å². The molecule has 2 aromatic rings. The Morgan fingerprint density at radius 1 is 1.10 bits per heavy atom. The van der Waals surface area contributed by atoms with Crippen LogP contribution >= 0.6 is 0 Å². The second-order valence-corrected chi connectivity index (χ2v) is 4.19. The van der Waals surface area contributed by atoms with Gasteiger partial charge in [-0.15, -0.1) is 0 Å². The van der Waals surface area contributed by atoms with Crippen LogP contribution in [-0.2, 0) is 12.8 Å². The van der Waals surface area contributed by atoms with Gasteiger partial charge in [0, 0.05) is 5.56 Å². The molecule has 108 valence electrons. The van der Waals surface area contributed by atoms with Gasteiger partial charge in [0.2, 0.25) is 0 Å². The Hall–Kier alpha value is -2.52. The molecule has 0 atom stereocenters. The summed E-state index contributed by atoms with van der Waals surface area (Å²) in [6.07, 6.45) is -4.64. The first-order valence-corrected chi connectivity index (χ1v) is 5.93. The molecule has 2 rings (SSSR count). The molecule has 0 heterocycles. The van der Waals surface area contributed by atoms with Gasteiger partial charge in [0.25, 0.3) is 0 Å². The number of ether oxygens (including phenoxy) is 1. The maximum absolute atomic E-state index is 13.0. The number of aliphatic hydroxyl groups excluding tert-OH is 1. The van der Waals surface area contributed by atoms with Crippen LogP contribution < -0.4 is 4.74 Å². The Bertz CT molecular complexity index is 690. The summed E-state index contributed by atoms with van der Waals surface area (Å²) in [6, 6.07) is 11.0. The fourth-order valence-electron chi connectivity index (χ4n) is 1.76. The number of alkyl halides is 3. The Labute approximate surface area is 118 Å². The van der Waals surface area contributed by atoms with Gasteiger partial charge in [0.1, 0.15) is 11.5 Å². The van der Waals surface area contributed by atoms with Gasteiger partial charge in [0.15, 0.2) is 0 Å². The molecule has 0 aliphatic rings. The summed E-state index contributed by atoms with van der Waals surface area (Å²) in [5.41, 5.74) is -0.769. The molecule has 0 spiro atoms. The third kappa shape index (κ3) is 3.33. The molecule has 3 nitrogen and oxygen atoms in total. The highest BCUT2D eigenvalue weighted by Gasteiger charge is 2.35. The summed E-state index contributed by atoms with van der Waals surface area (Å²) in [5, 5.41) is 17.9. The molecule has 0 saturated carbocycles. The molecular weight excluding hydrogens is 283 g/mol. The summed E-state index contributed by atoms with van der Waals surface area (Å²) < 4.78 is 44.3. The second-order valence-electron chi connectivity index (χ2n) is 4.19. The highest BCUT2D eigenvalue weighted by molar-refractivity contribution is 5.46. The van der Waals surface area contributed by atoms with Crippen LogP contribution in [0.4, 0.5) is 13.2 Å². The monoisotopic (exact) mass is 293 g/mol. The molecule has 0 radical (unpaired) electrons. The first kappa shape index (κ1) is 14.9. The molecule has 0 aliphatic carbocycles. The van der Waals surface area contributed by atoms with Crippen LogP contribution in [0.5, 0.6) is 11.5 Å². The van der Waals surface area contributed by atoms with Crippen LogP contribution in [0.2, 0.25) is 0 Å². The lowest BCUT2D eigenvalue weighted by Crippen LogP contribution is -2.08. The van der Waals surface area contributed by atoms with E-state index in [1.807, 2.05) is 0 Å². The number of halogens is 3. The number of benzene rings is 2. The van der Waals surface area contributed by atoms with E-state index in [9.17, 15) is 13.2 Å². The molecule has 0 aliphatic heterocycles. The highest BCUT2D eigenvalue weighted by atomic mass is 19.4. The first-order valence-electron chi connectivity index (χ1n) is 5.93. The van der Waals surface area contributed by atoms with Gasteiger partial charge in [-0.25, -0.2) is 0 Å². The summed E-state index contributed by atoms with van der Waals surface area (Å²) in [7, 11) is 0. The van der Waals surface area contributed by atoms with E-state index in [0.717, 1.165) is 12.1 Å². The van der Waals surface area contributed by atoms with E-state index in [2.05, 4.69) is 0 Å². The Morgan fingerprint density at radius 3 is 2.43 bits per heavy atom. The van der Waals surface area contributed by atoms with Crippen LogP contribution in [0.25, 0.3) is 0 Å². The summed E-state index contributed by atoms with van der Waals surface area (Å²) in [5.74, 6) is -0.280. The predicted molar refractivity (Wildman–Crippen MR) is 68.6 cm³/mol. The van der Waals surface area contributed by atoms with Gasteiger partial charge in [-0.1, -0.05) is 18.2 Å². The standard InChI is InChI=1S/C15H10F3NO2/c16-15(17,18)12-7-10(8-19)5-6-14(12)21-13-4-2-1-3-11(13)9-20/h1-7,20H,9H2. The van der Waals surface area contributed by atoms with E-state index in [1.165, 1.54) is 12.1 Å². The molecule has 0 bridgehead atoms. The molecule has 0 amide bonds. The normalized spacial score (nSPS) is 11.0. The number of nitrogens with zero attached hydrogens (tertiary/aromatic N) is 1. The molecule has 0 unspecified atom stereocenters. The largest absolute Gasteiger partial charge is 0.456 e. The van der Waals surface area contributed by atoms with E-state index >= 15 is 0 Å². The maximum atomic E-state index is 13.0. The lowest BCUT2D eigenvalue weighted by Gasteiger charge is -2.15. The van der Waals surface area contributed by atoms with Gasteiger partial charge < -0.3 is 9.84 Å². The van der Waals surface area contributed by atoms with Crippen LogP contribution in [0.1, 0.15) is 16.7 Å². The fourth-order valence-corrected chi connectivity index (χ4v) is 1.76. The summed E-state index contributed by atoms with van der Waals surface area (Å²) in [4.78, 5) is 0. The van der Waals surface area contributed by atoms with Crippen molar-refractivity contribution in [3.8, 4) is 17.6 Å². The number of hydrogen-bond donors (Lipinski definition) is 1. The summed E-state index contributed by atoms with van der Waals surface area (Å²) in [6.45, 7) is -0.353. The van der Waals surface area contributed by atoms with Crippen LogP contribution in [0, 0.1) is 11.3 Å². The van der Waals surface area contributed by atoms with Crippen LogP contribution in [-0.4, -0.2) is 5.11 Å². The van der Waals surface area contributed by atoms with Gasteiger partial charge in [0.05, 0.1) is 23.8 Å². The van der Waals surface area contributed by atoms with E-state index in [0.29, 0.717) is 5.56 Å². The molecule has 0 fully saturated rings. The first-order chi connectivity index (χ1) is 9.95. The van der Waals surface area contributed by atoms with Gasteiger partial charge in [-0.3, -0.25) is 0 Å². The van der Waals surface area contributed by atoms with E-state index in [-0.39, 0.29) is 17.9 Å². The topological polar surface area (TPSA) is 53.2 Å². The van der Waals surface area contributed by atoms with E-state index in [4.69, 9.17) is 15.1 Å². The quantitative estimate of drug-likeness (QED) is 0.934. The Kier molecular flexibility index (Phi) is 4.15. The lowest BCUT2D eigenvalue weighted by molar-refractivity contribution is -0.138. The Morgan fingerprint density at radius 2 is 1.81 bits per heavy atom. The van der Waals surface area contributed by atoms with Crippen LogP contribution in [0.3, 0.4) is 0 Å². The van der Waals surface area contributed by atoms with Crippen molar-refractivity contribution in [3.05, 3.63) is 59.2 Å². The average molecular weight is 293 g/mol.